The third-order valence-electron chi connectivity index (χ3n) is 2.10. The number of halogens is 1. The van der Waals surface area contributed by atoms with Crippen LogP contribution in [-0.4, -0.2) is 8.75 Å². The van der Waals surface area contributed by atoms with E-state index in [1.807, 2.05) is 24.3 Å². The van der Waals surface area contributed by atoms with Gasteiger partial charge in [-0.2, -0.15) is 4.37 Å². The summed E-state index contributed by atoms with van der Waals surface area (Å²) in [6, 6.07) is 7.93. The molecule has 0 aliphatic carbocycles. The van der Waals surface area contributed by atoms with Gasteiger partial charge in [0.25, 0.3) is 5.88 Å². The quantitative estimate of drug-likeness (QED) is 0.829. The molecule has 0 saturated carbocycles. The molecule has 0 unspecified atom stereocenters. The summed E-state index contributed by atoms with van der Waals surface area (Å²) in [7, 11) is 0. The van der Waals surface area contributed by atoms with Crippen molar-refractivity contribution in [1.82, 2.24) is 8.75 Å². The lowest BCUT2D eigenvalue weighted by Crippen LogP contribution is -1.86. The second-order valence-electron chi connectivity index (χ2n) is 3.36. The molecule has 0 atom stereocenters. The highest BCUT2D eigenvalue weighted by Crippen LogP contribution is 2.26. The Labute approximate surface area is 103 Å². The predicted molar refractivity (Wildman–Crippen MR) is 65.4 cm³/mol. The number of aryl methyl sites for hydroxylation is 1. The minimum atomic E-state index is 0.308. The molecule has 0 fully saturated rings. The van der Waals surface area contributed by atoms with Crippen LogP contribution in [0.3, 0.4) is 0 Å². The van der Waals surface area contributed by atoms with E-state index >= 15 is 0 Å². The zero-order chi connectivity index (χ0) is 11.4. The maximum absolute atomic E-state index is 5.78. The number of rotatable bonds is 4. The van der Waals surface area contributed by atoms with Gasteiger partial charge in [-0.15, -0.1) is 4.37 Å². The Morgan fingerprint density at radius 2 is 2.00 bits per heavy atom. The topological polar surface area (TPSA) is 35.0 Å². The number of ether oxygens (including phenoxy) is 1. The van der Waals surface area contributed by atoms with Gasteiger partial charge in [-0.05, 0) is 24.1 Å². The fourth-order valence-corrected chi connectivity index (χ4v) is 1.97. The predicted octanol–water partition coefficient (Wildman–Crippen LogP) is 3.94. The molecule has 0 amide bonds. The number of nitrogens with zero attached hydrogens (tertiary/aromatic N) is 2. The van der Waals surface area contributed by atoms with Crippen LogP contribution in [0, 0.1) is 0 Å². The molecule has 1 aromatic heterocycles. The van der Waals surface area contributed by atoms with Crippen molar-refractivity contribution in [2.24, 2.45) is 0 Å². The Morgan fingerprint density at radius 3 is 2.56 bits per heavy atom. The first kappa shape index (κ1) is 11.4. The first-order valence-electron chi connectivity index (χ1n) is 5.04. The molecule has 2 aromatic rings. The van der Waals surface area contributed by atoms with Crippen LogP contribution < -0.4 is 4.74 Å². The van der Waals surface area contributed by atoms with Crippen molar-refractivity contribution >= 4 is 23.3 Å². The first-order chi connectivity index (χ1) is 7.79. The van der Waals surface area contributed by atoms with Crippen molar-refractivity contribution in [3.63, 3.8) is 0 Å². The molecule has 1 heterocycles. The second-order valence-corrected chi connectivity index (χ2v) is 4.24. The average molecular weight is 255 g/mol. The zero-order valence-electron chi connectivity index (χ0n) is 8.81. The standard InChI is InChI=1S/C11H11ClN2OS/c1-2-3-8-4-6-9(7-5-8)15-11-10(12)13-16-14-11/h4-7H,2-3H2,1H3. The molecule has 16 heavy (non-hydrogen) atoms. The van der Waals surface area contributed by atoms with Gasteiger partial charge >= 0.3 is 0 Å². The number of aromatic nitrogens is 2. The molecule has 3 nitrogen and oxygen atoms in total. The molecule has 84 valence electrons. The molecular formula is C11H11ClN2OS. The first-order valence-corrected chi connectivity index (χ1v) is 6.15. The van der Waals surface area contributed by atoms with Crippen molar-refractivity contribution in [2.45, 2.75) is 19.8 Å². The highest BCUT2D eigenvalue weighted by atomic mass is 35.5. The van der Waals surface area contributed by atoms with E-state index in [1.54, 1.807) is 0 Å². The Hall–Kier alpha value is -1.13. The normalized spacial score (nSPS) is 10.4. The molecule has 0 bridgehead atoms. The van der Waals surface area contributed by atoms with E-state index < -0.39 is 0 Å². The Kier molecular flexibility index (Phi) is 3.74. The van der Waals surface area contributed by atoms with Gasteiger partial charge in [0.05, 0.1) is 11.7 Å². The van der Waals surface area contributed by atoms with Crippen LogP contribution in [0.2, 0.25) is 5.15 Å². The molecule has 1 aromatic carbocycles. The lowest BCUT2D eigenvalue weighted by Gasteiger charge is -2.03. The van der Waals surface area contributed by atoms with E-state index in [2.05, 4.69) is 15.7 Å². The van der Waals surface area contributed by atoms with Crippen LogP contribution >= 0.6 is 23.3 Å². The largest absolute Gasteiger partial charge is 0.436 e. The molecule has 5 heteroatoms. The van der Waals surface area contributed by atoms with Crippen LogP contribution in [0.1, 0.15) is 18.9 Å². The summed E-state index contributed by atoms with van der Waals surface area (Å²) < 4.78 is 13.3. The summed E-state index contributed by atoms with van der Waals surface area (Å²) in [6.07, 6.45) is 2.22. The number of benzene rings is 1. The highest BCUT2D eigenvalue weighted by Gasteiger charge is 2.07. The van der Waals surface area contributed by atoms with Gasteiger partial charge in [-0.1, -0.05) is 37.1 Å². The van der Waals surface area contributed by atoms with E-state index in [0.29, 0.717) is 11.0 Å². The van der Waals surface area contributed by atoms with Crippen LogP contribution in [0.25, 0.3) is 0 Å². The van der Waals surface area contributed by atoms with Crippen molar-refractivity contribution in [3.05, 3.63) is 35.0 Å². The van der Waals surface area contributed by atoms with Gasteiger partial charge < -0.3 is 4.74 Å². The minimum Gasteiger partial charge on any atom is -0.436 e. The monoisotopic (exact) mass is 254 g/mol. The molecule has 0 radical (unpaired) electrons. The molecule has 0 saturated heterocycles. The molecular weight excluding hydrogens is 244 g/mol. The van der Waals surface area contributed by atoms with Crippen LogP contribution in [0.4, 0.5) is 0 Å². The van der Waals surface area contributed by atoms with Crippen molar-refractivity contribution in [3.8, 4) is 11.6 Å². The van der Waals surface area contributed by atoms with Crippen LogP contribution in [0.15, 0.2) is 24.3 Å². The van der Waals surface area contributed by atoms with Gasteiger partial charge in [0.1, 0.15) is 5.75 Å². The van der Waals surface area contributed by atoms with Gasteiger partial charge in [0, 0.05) is 0 Å². The maximum Gasteiger partial charge on any atom is 0.270 e. The molecule has 2 rings (SSSR count). The van der Waals surface area contributed by atoms with Gasteiger partial charge in [-0.25, -0.2) is 0 Å². The fourth-order valence-electron chi connectivity index (χ4n) is 1.36. The Bertz CT molecular complexity index is 455. The zero-order valence-corrected chi connectivity index (χ0v) is 10.4. The third kappa shape index (κ3) is 2.71. The smallest absolute Gasteiger partial charge is 0.270 e. The minimum absolute atomic E-state index is 0.308. The summed E-state index contributed by atoms with van der Waals surface area (Å²) in [4.78, 5) is 0. The van der Waals surface area contributed by atoms with E-state index in [0.717, 1.165) is 30.3 Å². The summed E-state index contributed by atoms with van der Waals surface area (Å²) >= 11 is 6.82. The number of hydrogen-bond donors (Lipinski definition) is 0. The SMILES string of the molecule is CCCc1ccc(Oc2nsnc2Cl)cc1. The van der Waals surface area contributed by atoms with Gasteiger partial charge in [-0.3, -0.25) is 0 Å². The van der Waals surface area contributed by atoms with E-state index in [1.165, 1.54) is 5.56 Å². The summed E-state index contributed by atoms with van der Waals surface area (Å²) in [5.41, 5.74) is 1.30. The fraction of sp³-hybridized carbons (Fsp3) is 0.273. The van der Waals surface area contributed by atoms with E-state index in [9.17, 15) is 0 Å². The molecule has 0 aliphatic rings. The van der Waals surface area contributed by atoms with Crippen LogP contribution in [-0.2, 0) is 6.42 Å². The summed E-state index contributed by atoms with van der Waals surface area (Å²) in [5, 5.41) is 0.308. The van der Waals surface area contributed by atoms with Crippen molar-refractivity contribution in [2.75, 3.05) is 0 Å². The average Bonchev–Trinajstić information content (AvgIpc) is 2.68. The Balaban J connectivity index is 2.08. The highest BCUT2D eigenvalue weighted by molar-refractivity contribution is 6.99. The van der Waals surface area contributed by atoms with Gasteiger partial charge in [0.2, 0.25) is 5.15 Å². The lowest BCUT2D eigenvalue weighted by atomic mass is 10.1. The Morgan fingerprint density at radius 1 is 1.25 bits per heavy atom. The van der Waals surface area contributed by atoms with Crippen molar-refractivity contribution in [1.29, 1.82) is 0 Å². The molecule has 0 spiro atoms. The number of hydrogen-bond acceptors (Lipinski definition) is 4. The molecule has 0 aliphatic heterocycles. The van der Waals surface area contributed by atoms with Gasteiger partial charge in [0.15, 0.2) is 0 Å². The van der Waals surface area contributed by atoms with E-state index in [4.69, 9.17) is 16.3 Å². The van der Waals surface area contributed by atoms with Crippen LogP contribution in [0.5, 0.6) is 11.6 Å². The summed E-state index contributed by atoms with van der Waals surface area (Å²) in [6.45, 7) is 2.16. The lowest BCUT2D eigenvalue weighted by molar-refractivity contribution is 0.468. The summed E-state index contributed by atoms with van der Waals surface area (Å²) in [5.74, 6) is 1.10. The maximum atomic E-state index is 5.78. The van der Waals surface area contributed by atoms with Crippen molar-refractivity contribution < 1.29 is 4.74 Å². The molecule has 0 N–H and O–H groups in total. The second kappa shape index (κ2) is 5.27. The van der Waals surface area contributed by atoms with E-state index in [-0.39, 0.29) is 0 Å². The third-order valence-corrected chi connectivity index (χ3v) is 2.96.